The molecule has 1 amide bonds. The molecule has 6 nitrogen and oxygen atoms in total. The highest BCUT2D eigenvalue weighted by Crippen LogP contribution is 2.21. The molecule has 0 radical (unpaired) electrons. The molecule has 2 saturated heterocycles. The van der Waals surface area contributed by atoms with Gasteiger partial charge in [-0.15, -0.1) is 0 Å². The number of benzene rings is 1. The molecule has 0 bridgehead atoms. The number of amides is 1. The lowest BCUT2D eigenvalue weighted by molar-refractivity contribution is -0.132. The van der Waals surface area contributed by atoms with E-state index in [1.807, 2.05) is 17.3 Å². The zero-order valence-corrected chi connectivity index (χ0v) is 17.5. The SMILES string of the molecule is O=C(Cc1ccc(N2CCC(NCc3ccncc3)CC2)cc1)N1CCC(O)CC1. The van der Waals surface area contributed by atoms with Crippen LogP contribution in [0.2, 0.25) is 0 Å². The molecule has 1 aromatic carbocycles. The standard InChI is InChI=1S/C24H32N4O2/c29-23-9-15-28(16-10-23)24(30)17-19-1-3-22(4-2-19)27-13-7-21(8-14-27)26-18-20-5-11-25-12-6-20/h1-6,11-12,21,23,26,29H,7-10,13-18H2. The Labute approximate surface area is 178 Å². The monoisotopic (exact) mass is 408 g/mol. The van der Waals surface area contributed by atoms with E-state index in [0.717, 1.165) is 38.0 Å². The first-order valence-corrected chi connectivity index (χ1v) is 11.1. The third-order valence-corrected chi connectivity index (χ3v) is 6.31. The van der Waals surface area contributed by atoms with E-state index in [-0.39, 0.29) is 12.0 Å². The number of aromatic nitrogens is 1. The van der Waals surface area contributed by atoms with Gasteiger partial charge in [-0.05, 0) is 61.1 Å². The Bertz CT molecular complexity index is 796. The van der Waals surface area contributed by atoms with Crippen molar-refractivity contribution in [1.29, 1.82) is 0 Å². The molecular formula is C24H32N4O2. The van der Waals surface area contributed by atoms with Crippen LogP contribution in [0.4, 0.5) is 5.69 Å². The van der Waals surface area contributed by atoms with Crippen LogP contribution in [0.25, 0.3) is 0 Å². The van der Waals surface area contributed by atoms with E-state index in [2.05, 4.69) is 51.6 Å². The normalized spacial score (nSPS) is 18.6. The first kappa shape index (κ1) is 20.8. The van der Waals surface area contributed by atoms with Gasteiger partial charge in [-0.25, -0.2) is 0 Å². The second-order valence-electron chi connectivity index (χ2n) is 8.45. The number of likely N-dealkylation sites (tertiary alicyclic amines) is 1. The van der Waals surface area contributed by atoms with Gasteiger partial charge in [0.2, 0.25) is 5.91 Å². The minimum atomic E-state index is -0.247. The Kier molecular flexibility index (Phi) is 6.97. The third kappa shape index (κ3) is 5.58. The number of pyridine rings is 1. The van der Waals surface area contributed by atoms with E-state index >= 15 is 0 Å². The average Bonchev–Trinajstić information content (AvgIpc) is 2.80. The Hall–Kier alpha value is -2.44. The molecule has 160 valence electrons. The molecule has 6 heteroatoms. The van der Waals surface area contributed by atoms with E-state index in [9.17, 15) is 9.90 Å². The van der Waals surface area contributed by atoms with Crippen molar-refractivity contribution < 1.29 is 9.90 Å². The molecule has 0 unspecified atom stereocenters. The lowest BCUT2D eigenvalue weighted by Gasteiger charge is -2.34. The van der Waals surface area contributed by atoms with Crippen molar-refractivity contribution in [2.45, 2.75) is 50.8 Å². The average molecular weight is 409 g/mol. The summed E-state index contributed by atoms with van der Waals surface area (Å²) in [5, 5.41) is 13.3. The summed E-state index contributed by atoms with van der Waals surface area (Å²) in [6.07, 6.45) is 7.52. The fraction of sp³-hybridized carbons (Fsp3) is 0.500. The van der Waals surface area contributed by atoms with Crippen LogP contribution >= 0.6 is 0 Å². The van der Waals surface area contributed by atoms with E-state index < -0.39 is 0 Å². The largest absolute Gasteiger partial charge is 0.393 e. The van der Waals surface area contributed by atoms with E-state index in [1.54, 1.807) is 0 Å². The second kappa shape index (κ2) is 10.0. The lowest BCUT2D eigenvalue weighted by Crippen LogP contribution is -2.42. The van der Waals surface area contributed by atoms with Gasteiger partial charge in [0.1, 0.15) is 0 Å². The minimum Gasteiger partial charge on any atom is -0.393 e. The molecular weight excluding hydrogens is 376 g/mol. The quantitative estimate of drug-likeness (QED) is 0.768. The van der Waals surface area contributed by atoms with E-state index in [4.69, 9.17) is 0 Å². The topological polar surface area (TPSA) is 68.7 Å². The van der Waals surface area contributed by atoms with Gasteiger partial charge in [0, 0.05) is 56.8 Å². The molecule has 1 aromatic heterocycles. The van der Waals surface area contributed by atoms with Crippen molar-refractivity contribution in [3.05, 3.63) is 59.9 Å². The highest BCUT2D eigenvalue weighted by Gasteiger charge is 2.22. The summed E-state index contributed by atoms with van der Waals surface area (Å²) < 4.78 is 0. The first-order valence-electron chi connectivity index (χ1n) is 11.1. The summed E-state index contributed by atoms with van der Waals surface area (Å²) in [5.41, 5.74) is 3.57. The van der Waals surface area contributed by atoms with E-state index in [0.29, 0.717) is 38.4 Å². The van der Waals surface area contributed by atoms with Gasteiger partial charge >= 0.3 is 0 Å². The van der Waals surface area contributed by atoms with Crippen LogP contribution in [-0.2, 0) is 17.8 Å². The highest BCUT2D eigenvalue weighted by atomic mass is 16.3. The maximum absolute atomic E-state index is 12.5. The molecule has 2 aliphatic rings. The molecule has 0 aliphatic carbocycles. The Morgan fingerprint density at radius 2 is 1.60 bits per heavy atom. The van der Waals surface area contributed by atoms with Gasteiger partial charge in [-0.1, -0.05) is 12.1 Å². The molecule has 2 N–H and O–H groups in total. The van der Waals surface area contributed by atoms with Gasteiger partial charge < -0.3 is 20.2 Å². The third-order valence-electron chi connectivity index (χ3n) is 6.31. The predicted octanol–water partition coefficient (Wildman–Crippen LogP) is 2.37. The number of hydrogen-bond acceptors (Lipinski definition) is 5. The lowest BCUT2D eigenvalue weighted by atomic mass is 10.0. The number of nitrogens with one attached hydrogen (secondary N) is 1. The number of aliphatic hydroxyl groups excluding tert-OH is 1. The summed E-state index contributed by atoms with van der Waals surface area (Å²) in [5.74, 6) is 0.163. The van der Waals surface area contributed by atoms with Crippen molar-refractivity contribution >= 4 is 11.6 Å². The molecule has 30 heavy (non-hydrogen) atoms. The van der Waals surface area contributed by atoms with Gasteiger partial charge in [0.25, 0.3) is 0 Å². The highest BCUT2D eigenvalue weighted by molar-refractivity contribution is 5.79. The van der Waals surface area contributed by atoms with Crippen LogP contribution < -0.4 is 10.2 Å². The van der Waals surface area contributed by atoms with Gasteiger partial charge in [-0.3, -0.25) is 9.78 Å². The van der Waals surface area contributed by atoms with Crippen LogP contribution in [0.5, 0.6) is 0 Å². The van der Waals surface area contributed by atoms with Crippen LogP contribution in [0.1, 0.15) is 36.8 Å². The summed E-state index contributed by atoms with van der Waals surface area (Å²) in [6, 6.07) is 13.1. The molecule has 2 aliphatic heterocycles. The number of carbonyl (C=O) groups excluding carboxylic acids is 1. The number of hydrogen-bond donors (Lipinski definition) is 2. The number of carbonyl (C=O) groups is 1. The molecule has 0 atom stereocenters. The maximum Gasteiger partial charge on any atom is 0.226 e. The summed E-state index contributed by atoms with van der Waals surface area (Å²) in [7, 11) is 0. The fourth-order valence-electron chi connectivity index (χ4n) is 4.33. The van der Waals surface area contributed by atoms with Crippen LogP contribution in [0.15, 0.2) is 48.8 Å². The van der Waals surface area contributed by atoms with Crippen molar-refractivity contribution in [2.24, 2.45) is 0 Å². The molecule has 2 aromatic rings. The summed E-state index contributed by atoms with van der Waals surface area (Å²) >= 11 is 0. The van der Waals surface area contributed by atoms with Gasteiger partial charge in [-0.2, -0.15) is 0 Å². The van der Waals surface area contributed by atoms with Crippen LogP contribution in [0, 0.1) is 0 Å². The summed E-state index contributed by atoms with van der Waals surface area (Å²) in [4.78, 5) is 20.9. The molecule has 0 spiro atoms. The van der Waals surface area contributed by atoms with E-state index in [1.165, 1.54) is 11.3 Å². The van der Waals surface area contributed by atoms with Gasteiger partial charge in [0.05, 0.1) is 12.5 Å². The zero-order valence-electron chi connectivity index (χ0n) is 17.5. The van der Waals surface area contributed by atoms with Crippen LogP contribution in [0.3, 0.4) is 0 Å². The Morgan fingerprint density at radius 3 is 2.27 bits per heavy atom. The van der Waals surface area contributed by atoms with Gasteiger partial charge in [0.15, 0.2) is 0 Å². The predicted molar refractivity (Wildman–Crippen MR) is 118 cm³/mol. The Morgan fingerprint density at radius 1 is 0.933 bits per heavy atom. The number of anilines is 1. The van der Waals surface area contributed by atoms with Crippen molar-refractivity contribution in [3.63, 3.8) is 0 Å². The summed E-state index contributed by atoms with van der Waals surface area (Å²) in [6.45, 7) is 4.32. The molecule has 0 saturated carbocycles. The number of nitrogens with zero attached hydrogens (tertiary/aromatic N) is 3. The number of piperidine rings is 2. The first-order chi connectivity index (χ1) is 14.7. The Balaban J connectivity index is 1.22. The van der Waals surface area contributed by atoms with Crippen molar-refractivity contribution in [3.8, 4) is 0 Å². The minimum absolute atomic E-state index is 0.163. The van der Waals surface area contributed by atoms with Crippen LogP contribution in [-0.4, -0.2) is 59.2 Å². The second-order valence-corrected chi connectivity index (χ2v) is 8.45. The number of aliphatic hydroxyl groups is 1. The smallest absolute Gasteiger partial charge is 0.226 e. The fourth-order valence-corrected chi connectivity index (χ4v) is 4.33. The molecule has 2 fully saturated rings. The number of rotatable bonds is 6. The van der Waals surface area contributed by atoms with Crippen molar-refractivity contribution in [2.75, 3.05) is 31.1 Å². The molecule has 4 rings (SSSR count). The maximum atomic E-state index is 12.5. The zero-order chi connectivity index (χ0) is 20.8. The molecule has 3 heterocycles. The van der Waals surface area contributed by atoms with Crippen molar-refractivity contribution in [1.82, 2.24) is 15.2 Å².